The minimum absolute atomic E-state index is 0.0409. The topological polar surface area (TPSA) is 119 Å². The van der Waals surface area contributed by atoms with Crippen molar-refractivity contribution in [3.05, 3.63) is 18.2 Å². The number of hydrogen-bond donors (Lipinski definition) is 3. The van der Waals surface area contributed by atoms with Crippen molar-refractivity contribution >= 4 is 27.3 Å². The van der Waals surface area contributed by atoms with E-state index in [0.29, 0.717) is 18.2 Å². The molecule has 0 unspecified atom stereocenters. The molecule has 7 nitrogen and oxygen atoms in total. The van der Waals surface area contributed by atoms with Gasteiger partial charge >= 0.3 is 0 Å². The van der Waals surface area contributed by atoms with E-state index in [-0.39, 0.29) is 23.0 Å². The number of amides is 1. The number of nitrogens with two attached hydrogens (primary N) is 2. The van der Waals surface area contributed by atoms with E-state index in [1.807, 2.05) is 13.8 Å². The van der Waals surface area contributed by atoms with Gasteiger partial charge in [0.1, 0.15) is 4.90 Å². The zero-order valence-electron chi connectivity index (χ0n) is 12.5. The van der Waals surface area contributed by atoms with Crippen LogP contribution in [0.25, 0.3) is 0 Å². The molecule has 0 heterocycles. The number of carbonyl (C=O) groups is 1. The number of likely N-dealkylation sites (N-methyl/N-ethyl adjacent to an activating group) is 1. The van der Waals surface area contributed by atoms with Gasteiger partial charge in [-0.1, -0.05) is 19.9 Å². The van der Waals surface area contributed by atoms with E-state index in [4.69, 9.17) is 10.9 Å². The molecule has 0 bridgehead atoms. The third-order valence-corrected chi connectivity index (χ3v) is 3.82. The van der Waals surface area contributed by atoms with Gasteiger partial charge in [0.2, 0.25) is 15.9 Å². The van der Waals surface area contributed by atoms with Crippen molar-refractivity contribution in [2.24, 2.45) is 11.1 Å². The maximum atomic E-state index is 11.8. The van der Waals surface area contributed by atoms with E-state index in [1.54, 1.807) is 18.0 Å². The number of hydrogen-bond acceptors (Lipinski definition) is 5. The third kappa shape index (κ3) is 4.91. The highest BCUT2D eigenvalue weighted by Gasteiger charge is 2.17. The lowest BCUT2D eigenvalue weighted by Gasteiger charge is -2.21. The summed E-state index contributed by atoms with van der Waals surface area (Å²) in [4.78, 5) is 13.2. The number of benzene rings is 1. The summed E-state index contributed by atoms with van der Waals surface area (Å²) in [6.07, 6.45) is 0. The summed E-state index contributed by atoms with van der Waals surface area (Å²) in [5.74, 6) is 0.196. The highest BCUT2D eigenvalue weighted by Crippen LogP contribution is 2.28. The van der Waals surface area contributed by atoms with Crippen molar-refractivity contribution in [1.82, 2.24) is 5.32 Å². The first-order chi connectivity index (χ1) is 9.62. The van der Waals surface area contributed by atoms with Gasteiger partial charge in [-0.25, -0.2) is 13.6 Å². The lowest BCUT2D eigenvalue weighted by atomic mass is 10.2. The van der Waals surface area contributed by atoms with Crippen LogP contribution in [-0.4, -0.2) is 34.5 Å². The molecule has 8 heteroatoms. The van der Waals surface area contributed by atoms with Crippen molar-refractivity contribution in [1.29, 1.82) is 0 Å². The van der Waals surface area contributed by atoms with Gasteiger partial charge in [0.05, 0.1) is 17.9 Å². The molecular formula is C13H22N4O3S. The number of nitrogens with zero attached hydrogens (tertiary/aromatic N) is 1. The van der Waals surface area contributed by atoms with E-state index in [1.165, 1.54) is 12.1 Å². The fraction of sp³-hybridized carbons (Fsp3) is 0.462. The van der Waals surface area contributed by atoms with Gasteiger partial charge in [0, 0.05) is 13.6 Å². The van der Waals surface area contributed by atoms with E-state index < -0.39 is 10.0 Å². The smallest absolute Gasteiger partial charge is 0.240 e. The van der Waals surface area contributed by atoms with Crippen LogP contribution in [0.4, 0.5) is 11.4 Å². The predicted molar refractivity (Wildman–Crippen MR) is 83.3 cm³/mol. The molecule has 1 aromatic rings. The van der Waals surface area contributed by atoms with Crippen molar-refractivity contribution in [2.75, 3.05) is 30.8 Å². The number of carbonyl (C=O) groups excluding carboxylic acids is 1. The summed E-state index contributed by atoms with van der Waals surface area (Å²) < 4.78 is 22.9. The quantitative estimate of drug-likeness (QED) is 0.645. The summed E-state index contributed by atoms with van der Waals surface area (Å²) >= 11 is 0. The molecule has 0 atom stereocenters. The Kier molecular flexibility index (Phi) is 5.56. The highest BCUT2D eigenvalue weighted by atomic mass is 32.2. The van der Waals surface area contributed by atoms with Crippen LogP contribution in [0.3, 0.4) is 0 Å². The summed E-state index contributed by atoms with van der Waals surface area (Å²) in [5, 5.41) is 7.89. The Morgan fingerprint density at radius 2 is 2.00 bits per heavy atom. The first-order valence-corrected chi connectivity index (χ1v) is 8.06. The predicted octanol–water partition coefficient (Wildman–Crippen LogP) is 0.125. The summed E-state index contributed by atoms with van der Waals surface area (Å²) in [6.45, 7) is 4.65. The molecule has 0 spiro atoms. The number of sulfonamides is 1. The van der Waals surface area contributed by atoms with E-state index in [0.717, 1.165) is 0 Å². The molecule has 21 heavy (non-hydrogen) atoms. The average molecular weight is 314 g/mol. The van der Waals surface area contributed by atoms with Gasteiger partial charge in [-0.05, 0) is 18.1 Å². The van der Waals surface area contributed by atoms with Crippen molar-refractivity contribution in [3.63, 3.8) is 0 Å². The van der Waals surface area contributed by atoms with Gasteiger partial charge in [-0.15, -0.1) is 0 Å². The lowest BCUT2D eigenvalue weighted by Crippen LogP contribution is -2.37. The lowest BCUT2D eigenvalue weighted by molar-refractivity contribution is -0.119. The van der Waals surface area contributed by atoms with Crippen molar-refractivity contribution in [3.8, 4) is 0 Å². The normalized spacial score (nSPS) is 11.5. The minimum atomic E-state index is -3.89. The summed E-state index contributed by atoms with van der Waals surface area (Å²) in [6, 6.07) is 4.51. The summed E-state index contributed by atoms with van der Waals surface area (Å²) in [5.41, 5.74) is 6.32. The van der Waals surface area contributed by atoms with Gasteiger partial charge in [-0.2, -0.15) is 0 Å². The zero-order chi connectivity index (χ0) is 16.2. The van der Waals surface area contributed by atoms with Gasteiger partial charge in [0.15, 0.2) is 0 Å². The molecule has 118 valence electrons. The maximum absolute atomic E-state index is 11.8. The molecule has 0 aromatic heterocycles. The molecule has 0 fully saturated rings. The SMILES string of the molecule is CC(C)CNC(=O)CN(C)c1cccc(S(N)(=O)=O)c1N. The Hall–Kier alpha value is -1.80. The second kappa shape index (κ2) is 6.77. The number of nitrogen functional groups attached to an aromatic ring is 1. The number of anilines is 2. The van der Waals surface area contributed by atoms with Gasteiger partial charge in [0.25, 0.3) is 0 Å². The Morgan fingerprint density at radius 3 is 2.52 bits per heavy atom. The van der Waals surface area contributed by atoms with Gasteiger partial charge in [-0.3, -0.25) is 4.79 Å². The molecule has 0 aliphatic rings. The summed E-state index contributed by atoms with van der Waals surface area (Å²) in [7, 11) is -2.23. The number of primary sulfonamides is 1. The fourth-order valence-corrected chi connectivity index (χ4v) is 2.47. The second-order valence-electron chi connectivity index (χ2n) is 5.29. The van der Waals surface area contributed by atoms with E-state index in [9.17, 15) is 13.2 Å². The molecule has 0 aliphatic heterocycles. The molecule has 5 N–H and O–H groups in total. The van der Waals surface area contributed by atoms with Crippen LogP contribution in [-0.2, 0) is 14.8 Å². The largest absolute Gasteiger partial charge is 0.396 e. The zero-order valence-corrected chi connectivity index (χ0v) is 13.3. The van der Waals surface area contributed by atoms with Crippen LogP contribution >= 0.6 is 0 Å². The van der Waals surface area contributed by atoms with Crippen LogP contribution in [0.2, 0.25) is 0 Å². The van der Waals surface area contributed by atoms with Crippen molar-refractivity contribution in [2.45, 2.75) is 18.7 Å². The van der Waals surface area contributed by atoms with Crippen LogP contribution in [0, 0.1) is 5.92 Å². The number of nitrogens with one attached hydrogen (secondary N) is 1. The fourth-order valence-electron chi connectivity index (χ4n) is 1.79. The Labute approximate surface area is 125 Å². The molecule has 0 saturated heterocycles. The van der Waals surface area contributed by atoms with Crippen molar-refractivity contribution < 1.29 is 13.2 Å². The molecule has 0 radical (unpaired) electrons. The third-order valence-electron chi connectivity index (χ3n) is 2.85. The molecule has 1 amide bonds. The minimum Gasteiger partial charge on any atom is -0.396 e. The monoisotopic (exact) mass is 314 g/mol. The molecular weight excluding hydrogens is 292 g/mol. The van der Waals surface area contributed by atoms with Crippen LogP contribution in [0.1, 0.15) is 13.8 Å². The number of rotatable bonds is 6. The maximum Gasteiger partial charge on any atom is 0.240 e. The average Bonchev–Trinajstić information content (AvgIpc) is 2.35. The van der Waals surface area contributed by atoms with E-state index in [2.05, 4.69) is 5.32 Å². The van der Waals surface area contributed by atoms with E-state index >= 15 is 0 Å². The van der Waals surface area contributed by atoms with Gasteiger partial charge < -0.3 is 16.0 Å². The van der Waals surface area contributed by atoms with Crippen LogP contribution in [0.5, 0.6) is 0 Å². The number of para-hydroxylation sites is 1. The second-order valence-corrected chi connectivity index (χ2v) is 6.82. The molecule has 1 rings (SSSR count). The standard InChI is InChI=1S/C13H22N4O3S/c1-9(2)7-16-12(18)8-17(3)10-5-4-6-11(13(10)14)21(15,19)20/h4-6,9H,7-8,14H2,1-3H3,(H,16,18)(H2,15,19,20). The van der Waals surface area contributed by atoms with Crippen LogP contribution in [0.15, 0.2) is 23.1 Å². The Balaban J connectivity index is 2.89. The highest BCUT2D eigenvalue weighted by molar-refractivity contribution is 7.89. The molecule has 0 aliphatic carbocycles. The first-order valence-electron chi connectivity index (χ1n) is 6.52. The molecule has 0 saturated carbocycles. The molecule has 1 aromatic carbocycles. The Bertz CT molecular complexity index is 614. The first kappa shape index (κ1) is 17.3. The van der Waals surface area contributed by atoms with Crippen LogP contribution < -0.4 is 21.1 Å². The Morgan fingerprint density at radius 1 is 1.38 bits per heavy atom.